The average molecular weight is 1180 g/mol. The van der Waals surface area contributed by atoms with E-state index in [0.29, 0.717) is 37.7 Å². The van der Waals surface area contributed by atoms with E-state index in [4.69, 9.17) is 32.5 Å². The number of allylic oxidation sites excluding steroid dienone is 3. The van der Waals surface area contributed by atoms with Gasteiger partial charge in [-0.25, -0.2) is 4.79 Å². The van der Waals surface area contributed by atoms with Crippen LogP contribution in [-0.4, -0.2) is 161 Å². The Labute approximate surface area is 489 Å². The summed E-state index contributed by atoms with van der Waals surface area (Å²) in [6, 6.07) is 4.34. The first-order valence-electron chi connectivity index (χ1n) is 31.2. The highest BCUT2D eigenvalue weighted by atomic mass is 28.4. The van der Waals surface area contributed by atoms with E-state index < -0.39 is 113 Å². The molecule has 81 heavy (non-hydrogen) atoms. The number of fused-ring (bicyclic) bond motifs is 3. The minimum Gasteiger partial charge on any atom is -0.460 e. The highest BCUT2D eigenvalue weighted by Crippen LogP contribution is 2.40. The van der Waals surface area contributed by atoms with Crippen LogP contribution in [0.25, 0.3) is 0 Å². The molecule has 1 saturated carbocycles. The monoisotopic (exact) mass is 1180 g/mol. The molecule has 3 N–H and O–H groups in total. The molecule has 0 aromatic rings. The van der Waals surface area contributed by atoms with Crippen molar-refractivity contribution in [3.05, 3.63) is 35.5 Å². The van der Waals surface area contributed by atoms with Crippen LogP contribution >= 0.6 is 0 Å². The Morgan fingerprint density at radius 1 is 0.741 bits per heavy atom. The number of amides is 1. The van der Waals surface area contributed by atoms with Crippen LogP contribution in [0.2, 0.25) is 36.3 Å². The van der Waals surface area contributed by atoms with Crippen molar-refractivity contribution in [2.75, 3.05) is 27.9 Å². The minimum atomic E-state index is -2.48. The maximum Gasteiger partial charge on any atom is 0.329 e. The second kappa shape index (κ2) is 32.7. The van der Waals surface area contributed by atoms with Gasteiger partial charge >= 0.3 is 5.97 Å². The number of rotatable bonds is 16. The normalized spacial score (nSPS) is 36.9. The topological polar surface area (TPSA) is 214 Å². The number of aliphatic hydroxyl groups is 3. The van der Waals surface area contributed by atoms with Gasteiger partial charge in [-0.2, -0.15) is 0 Å². The summed E-state index contributed by atoms with van der Waals surface area (Å²) in [7, 11) is 0.406. The SMILES string of the molecule is CC[Si](CC)(CC)O[C@@H]1/C(C)=C/[C@@H](C)C(=O)C[C@@H]([C@H](C)C[C@@H]2CC[C@@H](O[Si](CC)(CC)CC)[C@H](OC)C2)OC(=O)[C@@H]2CCCCN2C(=O)C(=O)[C@]2(O)O[C@@H](CC[C@H]2C)C[C@H](OC)/C(C)=C/C=C/[C@@H](O)[C@H](O)[C@@H](C)C[C@@H](C)C(=O)[C@@H]1OC. The molecule has 0 aromatic carbocycles. The number of hydrogen-bond acceptors (Lipinski definition) is 15. The summed E-state index contributed by atoms with van der Waals surface area (Å²) in [5.41, 5.74) is 1.40. The molecule has 4 aliphatic rings. The Morgan fingerprint density at radius 3 is 1.96 bits per heavy atom. The number of Topliss-reactive ketones (excluding diaryl/α,β-unsaturated/α-hetero) is 3. The highest BCUT2D eigenvalue weighted by Gasteiger charge is 2.53. The lowest BCUT2D eigenvalue weighted by atomic mass is 9.78. The maximum absolute atomic E-state index is 14.9. The zero-order chi connectivity index (χ0) is 60.6. The first-order valence-corrected chi connectivity index (χ1v) is 36.2. The van der Waals surface area contributed by atoms with Crippen LogP contribution in [-0.2, 0) is 56.5 Å². The number of nitrogens with zero attached hydrogens (tertiary/aromatic N) is 1. The molecule has 0 aromatic heterocycles. The Hall–Kier alpha value is -2.76. The molecular formula is C63H109NO15Si2. The predicted molar refractivity (Wildman–Crippen MR) is 320 cm³/mol. The van der Waals surface area contributed by atoms with Gasteiger partial charge in [0.05, 0.1) is 42.7 Å². The summed E-state index contributed by atoms with van der Waals surface area (Å²) in [4.78, 5) is 74.7. The van der Waals surface area contributed by atoms with Crippen LogP contribution in [0.4, 0.5) is 0 Å². The summed E-state index contributed by atoms with van der Waals surface area (Å²) in [6.45, 7) is 25.9. The smallest absolute Gasteiger partial charge is 0.329 e. The number of carbonyl (C=O) groups is 5. The van der Waals surface area contributed by atoms with E-state index in [-0.39, 0.29) is 67.8 Å². The van der Waals surface area contributed by atoms with Gasteiger partial charge in [-0.3, -0.25) is 19.2 Å². The first kappa shape index (κ1) is 70.7. The molecule has 3 fully saturated rings. The van der Waals surface area contributed by atoms with Crippen LogP contribution in [0.15, 0.2) is 35.5 Å². The first-order chi connectivity index (χ1) is 38.3. The second-order valence-corrected chi connectivity index (χ2v) is 34.3. The van der Waals surface area contributed by atoms with Crippen molar-refractivity contribution in [3.63, 3.8) is 0 Å². The molecule has 2 saturated heterocycles. The molecule has 17 atom stereocenters. The van der Waals surface area contributed by atoms with E-state index in [0.717, 1.165) is 61.1 Å². The number of ketones is 3. The lowest BCUT2D eigenvalue weighted by Gasteiger charge is -2.43. The Morgan fingerprint density at radius 2 is 1.37 bits per heavy atom. The van der Waals surface area contributed by atoms with Crippen molar-refractivity contribution in [3.8, 4) is 0 Å². The molecule has 3 aliphatic heterocycles. The van der Waals surface area contributed by atoms with Crippen LogP contribution < -0.4 is 0 Å². The van der Waals surface area contributed by atoms with E-state index in [1.54, 1.807) is 47.0 Å². The van der Waals surface area contributed by atoms with Crippen molar-refractivity contribution in [1.29, 1.82) is 0 Å². The quantitative estimate of drug-likeness (QED) is 0.0567. The van der Waals surface area contributed by atoms with Crippen molar-refractivity contribution >= 4 is 45.9 Å². The molecule has 16 nitrogen and oxygen atoms in total. The maximum atomic E-state index is 14.9. The zero-order valence-electron chi connectivity index (χ0n) is 52.7. The van der Waals surface area contributed by atoms with Gasteiger partial charge in [0, 0.05) is 58.5 Å². The number of ether oxygens (including phenoxy) is 5. The van der Waals surface area contributed by atoms with Gasteiger partial charge in [0.15, 0.2) is 22.4 Å². The minimum absolute atomic E-state index is 0.0114. The predicted octanol–water partition coefficient (Wildman–Crippen LogP) is 10.4. The van der Waals surface area contributed by atoms with E-state index in [1.165, 1.54) is 25.2 Å². The number of methoxy groups -OCH3 is 3. The van der Waals surface area contributed by atoms with Crippen LogP contribution in [0.3, 0.4) is 0 Å². The lowest BCUT2D eigenvalue weighted by molar-refractivity contribution is -0.265. The molecule has 4 rings (SSSR count). The summed E-state index contributed by atoms with van der Waals surface area (Å²) >= 11 is 0. The fourth-order valence-electron chi connectivity index (χ4n) is 13.3. The number of esters is 1. The molecule has 0 unspecified atom stereocenters. The average Bonchev–Trinajstić information content (AvgIpc) is 3.56. The molecule has 0 radical (unpaired) electrons. The number of carbonyl (C=O) groups excluding carboxylic acids is 5. The number of cyclic esters (lactones) is 1. The van der Waals surface area contributed by atoms with Gasteiger partial charge in [-0.15, -0.1) is 0 Å². The number of hydrogen-bond donors (Lipinski definition) is 3. The number of aliphatic hydroxyl groups excluding tert-OH is 2. The van der Waals surface area contributed by atoms with Gasteiger partial charge in [0.25, 0.3) is 11.7 Å². The molecule has 1 amide bonds. The summed E-state index contributed by atoms with van der Waals surface area (Å²) in [6.07, 6.45) is 5.66. The summed E-state index contributed by atoms with van der Waals surface area (Å²) in [5.74, 6) is -8.51. The van der Waals surface area contributed by atoms with Crippen molar-refractivity contribution in [2.24, 2.45) is 35.5 Å². The molecular weight excluding hydrogens is 1070 g/mol. The summed E-state index contributed by atoms with van der Waals surface area (Å²) < 4.78 is 45.0. The van der Waals surface area contributed by atoms with Gasteiger partial charge < -0.3 is 52.8 Å². The standard InChI is InChI=1S/C63H109NO15Si2/c1-17-80(18-2,19-3)78-52-32-30-47(37-55(52)74-15)36-42(9)54-39-51(66)41(8)34-45(12)58(79-81(20-4,21-5)22-6)59(75-16)57(68)44(11)35-43(10)56(67)50(65)28-25-26-40(7)53(73-14)38-48-31-29-46(13)63(72,77-48)60(69)61(70)64-33-24-23-27-49(64)62(71)76-54/h25-26,28,34,41-44,46-50,52-56,58-59,65,67,72H,17-24,27,29-33,35-39H2,1-16H3/b28-25+,40-26+,45-34+/t41-,42-,43+,44-,46-,47+,48+,49+,50-,52-,53+,54+,55-,56-,58-,59+,63-/m1/s1. The molecule has 0 spiro atoms. The largest absolute Gasteiger partial charge is 0.460 e. The summed E-state index contributed by atoms with van der Waals surface area (Å²) in [5, 5.41) is 34.8. The van der Waals surface area contributed by atoms with Gasteiger partial charge in [0.2, 0.25) is 5.79 Å². The van der Waals surface area contributed by atoms with Crippen molar-refractivity contribution in [1.82, 2.24) is 4.90 Å². The number of piperidine rings is 1. The third-order valence-corrected chi connectivity index (χ3v) is 28.9. The van der Waals surface area contributed by atoms with E-state index in [9.17, 15) is 39.3 Å². The fraction of sp³-hybridized carbons (Fsp3) is 0.825. The molecule has 1 aliphatic carbocycles. The van der Waals surface area contributed by atoms with Gasteiger partial charge in [-0.05, 0) is 143 Å². The zero-order valence-corrected chi connectivity index (χ0v) is 54.7. The second-order valence-electron chi connectivity index (χ2n) is 24.9. The Kier molecular flexibility index (Phi) is 28.5. The third kappa shape index (κ3) is 18.1. The third-order valence-electron chi connectivity index (χ3n) is 19.6. The molecule has 18 heteroatoms. The molecule has 2 bridgehead atoms. The fourth-order valence-corrected chi connectivity index (χ4v) is 19.0. The van der Waals surface area contributed by atoms with E-state index in [2.05, 4.69) is 41.5 Å². The van der Waals surface area contributed by atoms with Crippen LogP contribution in [0.1, 0.15) is 167 Å². The van der Waals surface area contributed by atoms with Gasteiger partial charge in [0.1, 0.15) is 24.0 Å². The molecule has 3 heterocycles. The van der Waals surface area contributed by atoms with Crippen LogP contribution in [0.5, 0.6) is 0 Å². The Bertz CT molecular complexity index is 2110. The van der Waals surface area contributed by atoms with Crippen molar-refractivity contribution in [2.45, 2.75) is 270 Å². The van der Waals surface area contributed by atoms with E-state index >= 15 is 0 Å². The lowest BCUT2D eigenvalue weighted by Crippen LogP contribution is -2.61. The van der Waals surface area contributed by atoms with Gasteiger partial charge in [-0.1, -0.05) is 100 Å². The Balaban J connectivity index is 1.82. The van der Waals surface area contributed by atoms with E-state index in [1.807, 2.05) is 26.8 Å². The van der Waals surface area contributed by atoms with Crippen LogP contribution in [0, 0.1) is 35.5 Å². The molecule has 464 valence electrons. The van der Waals surface area contributed by atoms with Crippen molar-refractivity contribution < 1.29 is 71.8 Å². The highest BCUT2D eigenvalue weighted by molar-refractivity contribution is 6.74.